The van der Waals surface area contributed by atoms with Crippen molar-refractivity contribution in [3.8, 4) is 0 Å². The molecule has 0 bridgehead atoms. The number of rotatable bonds is 2. The second kappa shape index (κ2) is 4.57. The topological polar surface area (TPSA) is 59.2 Å². The molecular weight excluding hydrogens is 249 g/mol. The normalized spacial score (nSPS) is 20.6. The van der Waals surface area contributed by atoms with E-state index in [-0.39, 0.29) is 11.8 Å². The van der Waals surface area contributed by atoms with E-state index in [2.05, 4.69) is 4.98 Å². The summed E-state index contributed by atoms with van der Waals surface area (Å²) in [4.78, 5) is 17.3. The molecule has 4 nitrogen and oxygen atoms in total. The molecule has 0 aromatic carbocycles. The van der Waals surface area contributed by atoms with Crippen LogP contribution in [0.15, 0.2) is 12.3 Å². The average Bonchev–Trinajstić information content (AvgIpc) is 2.60. The van der Waals surface area contributed by atoms with Crippen LogP contribution in [0.4, 0.5) is 5.69 Å². The largest absolute Gasteiger partial charge is 0.330 e. The molecule has 1 saturated heterocycles. The van der Waals surface area contributed by atoms with Gasteiger partial charge in [0.15, 0.2) is 0 Å². The quantitative estimate of drug-likeness (QED) is 0.823. The average molecular weight is 260 g/mol. The summed E-state index contributed by atoms with van der Waals surface area (Å²) in [6.07, 6.45) is 1.98. The van der Waals surface area contributed by atoms with Crippen molar-refractivity contribution in [2.24, 2.45) is 11.7 Å². The lowest BCUT2D eigenvalue weighted by molar-refractivity contribution is -0.117. The molecule has 1 aromatic heterocycles. The summed E-state index contributed by atoms with van der Waals surface area (Å²) >= 11 is 11.7. The van der Waals surface area contributed by atoms with Gasteiger partial charge in [0.05, 0.1) is 16.9 Å². The summed E-state index contributed by atoms with van der Waals surface area (Å²) < 4.78 is 0. The summed E-state index contributed by atoms with van der Waals surface area (Å²) in [6.45, 7) is 1.10. The first kappa shape index (κ1) is 11.6. The molecule has 0 radical (unpaired) electrons. The highest BCUT2D eigenvalue weighted by atomic mass is 35.5. The standard InChI is InChI=1S/C10H11Cl2N3O/c11-7-2-9(12)14-4-8(7)15-5-6(3-13)1-10(15)16/h2,4,6H,1,3,5,13H2. The Bertz CT molecular complexity index is 425. The van der Waals surface area contributed by atoms with Gasteiger partial charge in [0.2, 0.25) is 5.91 Å². The third-order valence-corrected chi connectivity index (χ3v) is 3.14. The van der Waals surface area contributed by atoms with E-state index in [9.17, 15) is 4.79 Å². The number of nitrogens with zero attached hydrogens (tertiary/aromatic N) is 2. The number of carbonyl (C=O) groups is 1. The van der Waals surface area contributed by atoms with Crippen LogP contribution >= 0.6 is 23.2 Å². The molecule has 1 amide bonds. The summed E-state index contributed by atoms with van der Waals surface area (Å²) in [5.41, 5.74) is 6.15. The minimum atomic E-state index is 0.0291. The number of hydrogen-bond acceptors (Lipinski definition) is 3. The first-order valence-electron chi connectivity index (χ1n) is 4.93. The summed E-state index contributed by atoms with van der Waals surface area (Å²) in [5.74, 6) is 0.223. The van der Waals surface area contributed by atoms with Crippen LogP contribution in [0, 0.1) is 5.92 Å². The Balaban J connectivity index is 2.28. The Morgan fingerprint density at radius 1 is 1.56 bits per heavy atom. The second-order valence-electron chi connectivity index (χ2n) is 3.77. The molecule has 1 fully saturated rings. The highest BCUT2D eigenvalue weighted by Gasteiger charge is 2.30. The fourth-order valence-electron chi connectivity index (χ4n) is 1.77. The Kier molecular flexibility index (Phi) is 3.33. The van der Waals surface area contributed by atoms with Crippen molar-refractivity contribution in [2.75, 3.05) is 18.0 Å². The molecule has 16 heavy (non-hydrogen) atoms. The van der Waals surface area contributed by atoms with E-state index >= 15 is 0 Å². The van der Waals surface area contributed by atoms with Crippen LogP contribution in [0.25, 0.3) is 0 Å². The molecule has 6 heteroatoms. The van der Waals surface area contributed by atoms with Gasteiger partial charge in [-0.1, -0.05) is 23.2 Å². The third kappa shape index (κ3) is 2.14. The van der Waals surface area contributed by atoms with E-state index in [1.807, 2.05) is 0 Å². The lowest BCUT2D eigenvalue weighted by Crippen LogP contribution is -2.26. The highest BCUT2D eigenvalue weighted by Crippen LogP contribution is 2.31. The van der Waals surface area contributed by atoms with Gasteiger partial charge in [0, 0.05) is 13.0 Å². The predicted molar refractivity (Wildman–Crippen MR) is 63.8 cm³/mol. The van der Waals surface area contributed by atoms with Gasteiger partial charge in [-0.2, -0.15) is 0 Å². The number of amides is 1. The molecule has 1 aliphatic rings. The molecule has 1 atom stereocenters. The molecule has 0 spiro atoms. The zero-order chi connectivity index (χ0) is 11.7. The Morgan fingerprint density at radius 2 is 2.31 bits per heavy atom. The Labute approximate surface area is 103 Å². The van der Waals surface area contributed by atoms with E-state index in [1.54, 1.807) is 4.90 Å². The van der Waals surface area contributed by atoms with Crippen molar-refractivity contribution in [1.82, 2.24) is 4.98 Å². The van der Waals surface area contributed by atoms with Crippen LogP contribution in [0.1, 0.15) is 6.42 Å². The van der Waals surface area contributed by atoms with Gasteiger partial charge in [-0.15, -0.1) is 0 Å². The van der Waals surface area contributed by atoms with Gasteiger partial charge >= 0.3 is 0 Å². The van der Waals surface area contributed by atoms with Crippen LogP contribution in [-0.2, 0) is 4.79 Å². The van der Waals surface area contributed by atoms with Crippen molar-refractivity contribution in [2.45, 2.75) is 6.42 Å². The molecule has 0 saturated carbocycles. The predicted octanol–water partition coefficient (Wildman–Crippen LogP) is 1.70. The Hall–Kier alpha value is -0.840. The smallest absolute Gasteiger partial charge is 0.227 e. The fraction of sp³-hybridized carbons (Fsp3) is 0.400. The van der Waals surface area contributed by atoms with E-state index in [0.717, 1.165) is 0 Å². The summed E-state index contributed by atoms with van der Waals surface area (Å²) in [6, 6.07) is 1.53. The van der Waals surface area contributed by atoms with Gasteiger partial charge in [-0.3, -0.25) is 4.79 Å². The monoisotopic (exact) mass is 259 g/mol. The fourth-order valence-corrected chi connectivity index (χ4v) is 2.24. The zero-order valence-corrected chi connectivity index (χ0v) is 10.0. The van der Waals surface area contributed by atoms with Crippen molar-refractivity contribution < 1.29 is 4.79 Å². The number of pyridine rings is 1. The van der Waals surface area contributed by atoms with Gasteiger partial charge in [-0.05, 0) is 18.5 Å². The molecule has 1 aliphatic heterocycles. The Morgan fingerprint density at radius 3 is 2.88 bits per heavy atom. The van der Waals surface area contributed by atoms with E-state index in [0.29, 0.717) is 35.4 Å². The number of carbonyl (C=O) groups excluding carboxylic acids is 1. The minimum Gasteiger partial charge on any atom is -0.330 e. The van der Waals surface area contributed by atoms with Gasteiger partial charge in [0.25, 0.3) is 0 Å². The van der Waals surface area contributed by atoms with E-state index in [4.69, 9.17) is 28.9 Å². The lowest BCUT2D eigenvalue weighted by Gasteiger charge is -2.17. The number of hydrogen-bond donors (Lipinski definition) is 1. The third-order valence-electron chi connectivity index (χ3n) is 2.63. The van der Waals surface area contributed by atoms with Crippen LogP contribution in [-0.4, -0.2) is 24.0 Å². The van der Waals surface area contributed by atoms with Gasteiger partial charge in [-0.25, -0.2) is 4.98 Å². The molecule has 2 N–H and O–H groups in total. The molecule has 1 aromatic rings. The maximum absolute atomic E-state index is 11.7. The van der Waals surface area contributed by atoms with Crippen molar-refractivity contribution in [1.29, 1.82) is 0 Å². The van der Waals surface area contributed by atoms with Crippen LogP contribution in [0.3, 0.4) is 0 Å². The van der Waals surface area contributed by atoms with Crippen LogP contribution in [0.2, 0.25) is 10.2 Å². The van der Waals surface area contributed by atoms with E-state index < -0.39 is 0 Å². The van der Waals surface area contributed by atoms with Crippen molar-refractivity contribution >= 4 is 34.8 Å². The SMILES string of the molecule is NCC1CC(=O)N(c2cnc(Cl)cc2Cl)C1. The van der Waals surface area contributed by atoms with E-state index in [1.165, 1.54) is 12.3 Å². The molecular formula is C10H11Cl2N3O. The summed E-state index contributed by atoms with van der Waals surface area (Å²) in [7, 11) is 0. The van der Waals surface area contributed by atoms with Crippen molar-refractivity contribution in [3.63, 3.8) is 0 Å². The first-order valence-corrected chi connectivity index (χ1v) is 5.69. The van der Waals surface area contributed by atoms with Gasteiger partial charge in [0.1, 0.15) is 5.15 Å². The lowest BCUT2D eigenvalue weighted by atomic mass is 10.1. The molecule has 1 unspecified atom stereocenters. The maximum atomic E-state index is 11.7. The van der Waals surface area contributed by atoms with Gasteiger partial charge < -0.3 is 10.6 Å². The highest BCUT2D eigenvalue weighted by molar-refractivity contribution is 6.36. The maximum Gasteiger partial charge on any atom is 0.227 e. The minimum absolute atomic E-state index is 0.0291. The number of halogens is 2. The van der Waals surface area contributed by atoms with Crippen molar-refractivity contribution in [3.05, 3.63) is 22.4 Å². The summed E-state index contributed by atoms with van der Waals surface area (Å²) in [5, 5.41) is 0.752. The van der Waals surface area contributed by atoms with Crippen LogP contribution in [0.5, 0.6) is 0 Å². The molecule has 2 rings (SSSR count). The molecule has 86 valence electrons. The number of aromatic nitrogens is 1. The molecule has 2 heterocycles. The second-order valence-corrected chi connectivity index (χ2v) is 4.56. The number of anilines is 1. The molecule has 0 aliphatic carbocycles. The first-order chi connectivity index (χ1) is 7.61. The zero-order valence-electron chi connectivity index (χ0n) is 8.49. The number of nitrogens with two attached hydrogens (primary N) is 1. The van der Waals surface area contributed by atoms with Crippen LogP contribution < -0.4 is 10.6 Å².